The number of hydrogen-bond donors (Lipinski definition) is 2. The molecule has 2 N–H and O–H groups in total. The number of rotatable bonds is 6. The highest BCUT2D eigenvalue weighted by atomic mass is 16.3. The van der Waals surface area contributed by atoms with Gasteiger partial charge in [-0.15, -0.1) is 0 Å². The van der Waals surface area contributed by atoms with Crippen LogP contribution in [-0.4, -0.2) is 37.5 Å². The van der Waals surface area contributed by atoms with Gasteiger partial charge in [0.1, 0.15) is 11.5 Å². The smallest absolute Gasteiger partial charge is 0.191 e. The zero-order valence-electron chi connectivity index (χ0n) is 16.1. The Balaban J connectivity index is 1.58. The van der Waals surface area contributed by atoms with E-state index >= 15 is 0 Å². The van der Waals surface area contributed by atoms with Crippen LogP contribution in [0.5, 0.6) is 0 Å². The molecule has 1 saturated heterocycles. The summed E-state index contributed by atoms with van der Waals surface area (Å²) in [7, 11) is 1.81. The first-order valence-electron chi connectivity index (χ1n) is 9.46. The fraction of sp³-hybridized carbons (Fsp3) is 0.476. The van der Waals surface area contributed by atoms with Crippen molar-refractivity contribution in [1.29, 1.82) is 0 Å². The van der Waals surface area contributed by atoms with Crippen LogP contribution in [0.2, 0.25) is 0 Å². The molecule has 1 aliphatic heterocycles. The number of aliphatic imine (C=N–C) groups is 1. The molecule has 2 aromatic rings. The molecule has 0 bridgehead atoms. The lowest BCUT2D eigenvalue weighted by atomic mass is 10.1. The molecule has 3 rings (SSSR count). The maximum Gasteiger partial charge on any atom is 0.191 e. The molecular formula is C21H30N4O. The predicted molar refractivity (Wildman–Crippen MR) is 106 cm³/mol. The highest BCUT2D eigenvalue weighted by Crippen LogP contribution is 2.26. The molecule has 0 amide bonds. The Morgan fingerprint density at radius 3 is 2.42 bits per heavy atom. The van der Waals surface area contributed by atoms with Gasteiger partial charge in [-0.25, -0.2) is 0 Å². The fourth-order valence-corrected chi connectivity index (χ4v) is 3.40. The summed E-state index contributed by atoms with van der Waals surface area (Å²) in [6.45, 7) is 7.89. The van der Waals surface area contributed by atoms with Gasteiger partial charge in [-0.05, 0) is 57.5 Å². The van der Waals surface area contributed by atoms with Crippen molar-refractivity contribution in [1.82, 2.24) is 15.5 Å². The third kappa shape index (κ3) is 4.88. The number of nitrogens with one attached hydrogen (secondary N) is 2. The van der Waals surface area contributed by atoms with E-state index in [0.29, 0.717) is 0 Å². The highest BCUT2D eigenvalue weighted by molar-refractivity contribution is 5.79. The Morgan fingerprint density at radius 2 is 1.81 bits per heavy atom. The van der Waals surface area contributed by atoms with E-state index in [-0.39, 0.29) is 6.04 Å². The summed E-state index contributed by atoms with van der Waals surface area (Å²) in [4.78, 5) is 6.86. The van der Waals surface area contributed by atoms with Gasteiger partial charge >= 0.3 is 0 Å². The number of likely N-dealkylation sites (tertiary alicyclic amines) is 1. The predicted octanol–water partition coefficient (Wildman–Crippen LogP) is 3.40. The van der Waals surface area contributed by atoms with E-state index < -0.39 is 0 Å². The van der Waals surface area contributed by atoms with Crippen molar-refractivity contribution < 1.29 is 4.42 Å². The summed E-state index contributed by atoms with van der Waals surface area (Å²) in [5, 5.41) is 6.87. The Kier molecular flexibility index (Phi) is 6.34. The highest BCUT2D eigenvalue weighted by Gasteiger charge is 2.26. The van der Waals surface area contributed by atoms with Crippen molar-refractivity contribution in [2.24, 2.45) is 4.99 Å². The molecule has 1 unspecified atom stereocenters. The first kappa shape index (κ1) is 18.5. The Bertz CT molecular complexity index is 714. The van der Waals surface area contributed by atoms with Crippen LogP contribution >= 0.6 is 0 Å². The van der Waals surface area contributed by atoms with Crippen molar-refractivity contribution in [3.05, 3.63) is 59.0 Å². The second-order valence-corrected chi connectivity index (χ2v) is 7.00. The van der Waals surface area contributed by atoms with Gasteiger partial charge in [0.15, 0.2) is 5.96 Å². The molecule has 0 radical (unpaired) electrons. The first-order valence-corrected chi connectivity index (χ1v) is 9.46. The Morgan fingerprint density at radius 1 is 1.08 bits per heavy atom. The number of guanidine groups is 1. The normalized spacial score (nSPS) is 16.7. The summed E-state index contributed by atoms with van der Waals surface area (Å²) in [6, 6.07) is 12.9. The summed E-state index contributed by atoms with van der Waals surface area (Å²) < 4.78 is 5.92. The maximum absolute atomic E-state index is 5.92. The molecule has 0 spiro atoms. The monoisotopic (exact) mass is 354 g/mol. The fourth-order valence-electron chi connectivity index (χ4n) is 3.40. The number of benzene rings is 1. The molecule has 1 aromatic carbocycles. The number of aryl methyl sites for hydroxylation is 2. The second-order valence-electron chi connectivity index (χ2n) is 7.00. The van der Waals surface area contributed by atoms with E-state index in [9.17, 15) is 0 Å². The van der Waals surface area contributed by atoms with E-state index in [1.165, 1.54) is 24.0 Å². The lowest BCUT2D eigenvalue weighted by Gasteiger charge is -2.26. The van der Waals surface area contributed by atoms with Crippen molar-refractivity contribution in [2.45, 2.75) is 39.3 Å². The van der Waals surface area contributed by atoms with E-state index in [4.69, 9.17) is 4.42 Å². The lowest BCUT2D eigenvalue weighted by Crippen LogP contribution is -2.42. The topological polar surface area (TPSA) is 52.8 Å². The third-order valence-electron chi connectivity index (χ3n) is 4.94. The summed E-state index contributed by atoms with van der Waals surface area (Å²) >= 11 is 0. The molecule has 1 aliphatic rings. The van der Waals surface area contributed by atoms with Gasteiger partial charge < -0.3 is 15.1 Å². The number of nitrogens with zero attached hydrogens (tertiary/aromatic N) is 2. The molecule has 0 saturated carbocycles. The van der Waals surface area contributed by atoms with Crippen LogP contribution in [0, 0.1) is 13.8 Å². The number of furan rings is 1. The van der Waals surface area contributed by atoms with Crippen LogP contribution in [0.25, 0.3) is 0 Å². The molecule has 5 heteroatoms. The lowest BCUT2D eigenvalue weighted by molar-refractivity contribution is 0.213. The van der Waals surface area contributed by atoms with Crippen LogP contribution in [0.4, 0.5) is 0 Å². The minimum Gasteiger partial charge on any atom is -0.465 e. The minimum atomic E-state index is 0.240. The Labute approximate surface area is 156 Å². The van der Waals surface area contributed by atoms with Gasteiger partial charge in [0.25, 0.3) is 0 Å². The van der Waals surface area contributed by atoms with Crippen LogP contribution in [0.1, 0.15) is 41.5 Å². The molecule has 0 aliphatic carbocycles. The van der Waals surface area contributed by atoms with Crippen molar-refractivity contribution >= 4 is 5.96 Å². The average Bonchev–Trinajstić information content (AvgIpc) is 3.32. The summed E-state index contributed by atoms with van der Waals surface area (Å²) in [6.07, 6.45) is 2.52. The van der Waals surface area contributed by atoms with Gasteiger partial charge in [0.05, 0.1) is 6.04 Å². The minimum absolute atomic E-state index is 0.240. The molecule has 5 nitrogen and oxygen atoms in total. The standard InChI is InChI=1S/C21H30N4O/c1-16-6-9-18(10-7-16)14-23-21(22-3)24-15-19(25-12-4-5-13-25)20-11-8-17(2)26-20/h6-11,19H,4-5,12-15H2,1-3H3,(H2,22,23,24). The Hall–Kier alpha value is -2.27. The van der Waals surface area contributed by atoms with Crippen LogP contribution in [-0.2, 0) is 6.54 Å². The van der Waals surface area contributed by atoms with Crippen LogP contribution < -0.4 is 10.6 Å². The zero-order chi connectivity index (χ0) is 18.4. The summed E-state index contributed by atoms with van der Waals surface area (Å²) in [5.41, 5.74) is 2.52. The van der Waals surface area contributed by atoms with Gasteiger partial charge in [0, 0.05) is 20.1 Å². The maximum atomic E-state index is 5.92. The summed E-state index contributed by atoms with van der Waals surface area (Å²) in [5.74, 6) is 2.81. The molecule has 140 valence electrons. The molecule has 1 aromatic heterocycles. The van der Waals surface area contributed by atoms with Crippen molar-refractivity contribution in [3.8, 4) is 0 Å². The van der Waals surface area contributed by atoms with E-state index in [1.807, 2.05) is 20.0 Å². The van der Waals surface area contributed by atoms with E-state index in [1.54, 1.807) is 0 Å². The quantitative estimate of drug-likeness (QED) is 0.617. The van der Waals surface area contributed by atoms with E-state index in [0.717, 1.165) is 43.7 Å². The largest absolute Gasteiger partial charge is 0.465 e. The van der Waals surface area contributed by atoms with Gasteiger partial charge in [-0.2, -0.15) is 0 Å². The van der Waals surface area contributed by atoms with Crippen molar-refractivity contribution in [2.75, 3.05) is 26.7 Å². The van der Waals surface area contributed by atoms with Gasteiger partial charge in [-0.1, -0.05) is 29.8 Å². The van der Waals surface area contributed by atoms with Gasteiger partial charge in [-0.3, -0.25) is 9.89 Å². The van der Waals surface area contributed by atoms with E-state index in [2.05, 4.69) is 57.8 Å². The first-order chi connectivity index (χ1) is 12.7. The molecule has 1 fully saturated rings. The second kappa shape index (κ2) is 8.90. The SMILES string of the molecule is CN=C(NCc1ccc(C)cc1)NCC(c1ccc(C)o1)N1CCCC1. The molecular weight excluding hydrogens is 324 g/mol. The molecule has 1 atom stereocenters. The van der Waals surface area contributed by atoms with Crippen LogP contribution in [0.3, 0.4) is 0 Å². The zero-order valence-corrected chi connectivity index (χ0v) is 16.1. The van der Waals surface area contributed by atoms with Gasteiger partial charge in [0.2, 0.25) is 0 Å². The van der Waals surface area contributed by atoms with Crippen LogP contribution in [0.15, 0.2) is 45.8 Å². The number of hydrogen-bond acceptors (Lipinski definition) is 3. The molecule has 2 heterocycles. The van der Waals surface area contributed by atoms with Crippen molar-refractivity contribution in [3.63, 3.8) is 0 Å². The third-order valence-corrected chi connectivity index (χ3v) is 4.94. The molecule has 26 heavy (non-hydrogen) atoms. The average molecular weight is 354 g/mol.